The van der Waals surface area contributed by atoms with Crippen LogP contribution in [0.2, 0.25) is 0 Å². The molecule has 0 spiro atoms. The van der Waals surface area contributed by atoms with Crippen molar-refractivity contribution in [1.82, 2.24) is 19.3 Å². The molecule has 1 saturated heterocycles. The molecule has 0 unspecified atom stereocenters. The molecule has 33 heavy (non-hydrogen) atoms. The Balaban J connectivity index is 1.34. The summed E-state index contributed by atoms with van der Waals surface area (Å²) >= 11 is 5.31. The number of rotatable bonds is 6. The lowest BCUT2D eigenvalue weighted by molar-refractivity contribution is 0.0730. The summed E-state index contributed by atoms with van der Waals surface area (Å²) < 4.78 is 34.0. The normalized spacial score (nSPS) is 15.2. The number of imidazole rings is 1. The van der Waals surface area contributed by atoms with Crippen LogP contribution < -0.4 is 10.7 Å². The highest BCUT2D eigenvalue weighted by Gasteiger charge is 2.26. The van der Waals surface area contributed by atoms with Gasteiger partial charge in [-0.3, -0.25) is 5.43 Å². The van der Waals surface area contributed by atoms with Crippen molar-refractivity contribution in [3.8, 4) is 5.69 Å². The van der Waals surface area contributed by atoms with Gasteiger partial charge in [0.05, 0.1) is 30.1 Å². The molecule has 0 bridgehead atoms. The van der Waals surface area contributed by atoms with E-state index in [0.29, 0.717) is 37.1 Å². The molecule has 0 saturated carbocycles. The van der Waals surface area contributed by atoms with Crippen molar-refractivity contribution >= 4 is 38.8 Å². The molecular formula is C22H24N6O3S2. The number of morpholine rings is 1. The second-order valence-corrected chi connectivity index (χ2v) is 9.67. The fourth-order valence-electron chi connectivity index (χ4n) is 3.29. The van der Waals surface area contributed by atoms with Gasteiger partial charge in [-0.25, -0.2) is 13.4 Å². The molecule has 2 heterocycles. The van der Waals surface area contributed by atoms with E-state index in [0.717, 1.165) is 17.0 Å². The lowest BCUT2D eigenvalue weighted by atomic mass is 10.1. The van der Waals surface area contributed by atoms with Crippen molar-refractivity contribution < 1.29 is 13.2 Å². The molecule has 11 heteroatoms. The Hall–Kier alpha value is -3.12. The van der Waals surface area contributed by atoms with E-state index < -0.39 is 10.0 Å². The van der Waals surface area contributed by atoms with Gasteiger partial charge in [0.2, 0.25) is 10.0 Å². The van der Waals surface area contributed by atoms with E-state index in [4.69, 9.17) is 17.0 Å². The van der Waals surface area contributed by atoms with Gasteiger partial charge in [0.25, 0.3) is 0 Å². The predicted molar refractivity (Wildman–Crippen MR) is 131 cm³/mol. The second kappa shape index (κ2) is 10.2. The third-order valence-electron chi connectivity index (χ3n) is 5.13. The number of hydrogen-bond acceptors (Lipinski definition) is 6. The molecule has 172 valence electrons. The van der Waals surface area contributed by atoms with E-state index in [1.807, 2.05) is 42.0 Å². The molecule has 1 aromatic heterocycles. The summed E-state index contributed by atoms with van der Waals surface area (Å²) in [7, 11) is -3.53. The summed E-state index contributed by atoms with van der Waals surface area (Å²) in [4.78, 5) is 4.29. The maximum absolute atomic E-state index is 12.7. The van der Waals surface area contributed by atoms with Gasteiger partial charge in [-0.2, -0.15) is 9.41 Å². The van der Waals surface area contributed by atoms with E-state index in [1.54, 1.807) is 36.8 Å². The smallest absolute Gasteiger partial charge is 0.243 e. The van der Waals surface area contributed by atoms with Crippen LogP contribution in [0.15, 0.2) is 77.2 Å². The summed E-state index contributed by atoms with van der Waals surface area (Å²) in [6.07, 6.45) is 5.35. The van der Waals surface area contributed by atoms with Gasteiger partial charge in [-0.1, -0.05) is 12.1 Å². The van der Waals surface area contributed by atoms with Gasteiger partial charge in [-0.05, 0) is 61.1 Å². The summed E-state index contributed by atoms with van der Waals surface area (Å²) in [6, 6.07) is 14.4. The second-order valence-electron chi connectivity index (χ2n) is 7.32. The lowest BCUT2D eigenvalue weighted by Gasteiger charge is -2.26. The third-order valence-corrected chi connectivity index (χ3v) is 7.24. The summed E-state index contributed by atoms with van der Waals surface area (Å²) in [5.74, 6) is 0. The SMILES string of the molecule is C/C(=N\NC(=S)Nc1ccc(S(=O)(=O)N2CCOCC2)cc1)c1ccc(-n2ccnc2)cc1. The first-order valence-corrected chi connectivity index (χ1v) is 12.2. The molecule has 0 aliphatic carbocycles. The van der Waals surface area contributed by atoms with Crippen LogP contribution in [0, 0.1) is 0 Å². The van der Waals surface area contributed by atoms with Crippen molar-refractivity contribution in [2.45, 2.75) is 11.8 Å². The highest BCUT2D eigenvalue weighted by atomic mass is 32.2. The number of ether oxygens (including phenoxy) is 1. The monoisotopic (exact) mass is 484 g/mol. The maximum Gasteiger partial charge on any atom is 0.243 e. The number of benzene rings is 2. The number of aromatic nitrogens is 2. The van der Waals surface area contributed by atoms with Crippen LogP contribution in [0.25, 0.3) is 5.69 Å². The minimum absolute atomic E-state index is 0.238. The van der Waals surface area contributed by atoms with Crippen molar-refractivity contribution in [1.29, 1.82) is 0 Å². The Labute approximate surface area is 198 Å². The molecule has 2 N–H and O–H groups in total. The van der Waals surface area contributed by atoms with Crippen LogP contribution in [-0.2, 0) is 14.8 Å². The van der Waals surface area contributed by atoms with Crippen molar-refractivity contribution in [2.75, 3.05) is 31.6 Å². The Morgan fingerprint density at radius 1 is 1.09 bits per heavy atom. The van der Waals surface area contributed by atoms with E-state index >= 15 is 0 Å². The standard InChI is InChI=1S/C22H24N6O3S2/c1-17(18-2-6-20(7-3-18)27-11-10-23-16-27)25-26-22(32)24-19-4-8-21(9-5-19)33(29,30)28-12-14-31-15-13-28/h2-11,16H,12-15H2,1H3,(H2,24,26,32)/b25-17+. The minimum Gasteiger partial charge on any atom is -0.379 e. The quantitative estimate of drug-likeness (QED) is 0.315. The topological polar surface area (TPSA) is 101 Å². The van der Waals surface area contributed by atoms with Crippen LogP contribution >= 0.6 is 12.2 Å². The van der Waals surface area contributed by atoms with Crippen molar-refractivity contribution in [2.24, 2.45) is 5.10 Å². The van der Waals surface area contributed by atoms with Crippen LogP contribution in [0.1, 0.15) is 12.5 Å². The first-order valence-electron chi connectivity index (χ1n) is 10.3. The first-order chi connectivity index (χ1) is 15.9. The molecule has 4 rings (SSSR count). The molecule has 0 amide bonds. The number of anilines is 1. The van der Waals surface area contributed by atoms with Gasteiger partial charge < -0.3 is 14.6 Å². The molecule has 9 nitrogen and oxygen atoms in total. The molecule has 3 aromatic rings. The lowest BCUT2D eigenvalue weighted by Crippen LogP contribution is -2.40. The third kappa shape index (κ3) is 5.63. The van der Waals surface area contributed by atoms with Gasteiger partial charge in [0, 0.05) is 36.9 Å². The molecular weight excluding hydrogens is 460 g/mol. The van der Waals surface area contributed by atoms with E-state index in [9.17, 15) is 8.42 Å². The summed E-state index contributed by atoms with van der Waals surface area (Å²) in [5, 5.41) is 7.64. The zero-order valence-corrected chi connectivity index (χ0v) is 19.6. The van der Waals surface area contributed by atoms with Crippen molar-refractivity contribution in [3.63, 3.8) is 0 Å². The Kier molecular flexibility index (Phi) is 7.14. The highest BCUT2D eigenvalue weighted by molar-refractivity contribution is 7.89. The van der Waals surface area contributed by atoms with Crippen LogP contribution in [0.5, 0.6) is 0 Å². The molecule has 0 radical (unpaired) electrons. The van der Waals surface area contributed by atoms with E-state index in [2.05, 4.69) is 20.8 Å². The van der Waals surface area contributed by atoms with E-state index in [1.165, 1.54) is 4.31 Å². The van der Waals surface area contributed by atoms with Crippen molar-refractivity contribution in [3.05, 3.63) is 72.8 Å². The van der Waals surface area contributed by atoms with E-state index in [-0.39, 0.29) is 4.90 Å². The number of nitrogens with zero attached hydrogens (tertiary/aromatic N) is 4. The van der Waals surface area contributed by atoms with Gasteiger partial charge in [0.15, 0.2) is 5.11 Å². The molecule has 1 fully saturated rings. The number of hydrogen-bond donors (Lipinski definition) is 2. The maximum atomic E-state index is 12.7. The summed E-state index contributed by atoms with van der Waals surface area (Å²) in [6.45, 7) is 3.42. The average molecular weight is 485 g/mol. The number of sulfonamides is 1. The zero-order chi connectivity index (χ0) is 23.3. The Morgan fingerprint density at radius 3 is 2.42 bits per heavy atom. The molecule has 1 aliphatic rings. The number of nitrogens with one attached hydrogen (secondary N) is 2. The molecule has 1 aliphatic heterocycles. The first kappa shape index (κ1) is 23.1. The highest BCUT2D eigenvalue weighted by Crippen LogP contribution is 2.19. The molecule has 0 atom stereocenters. The van der Waals surface area contributed by atoms with Gasteiger partial charge >= 0.3 is 0 Å². The average Bonchev–Trinajstić information content (AvgIpc) is 3.39. The Morgan fingerprint density at radius 2 is 1.79 bits per heavy atom. The summed E-state index contributed by atoms with van der Waals surface area (Å²) in [5.41, 5.74) is 6.20. The predicted octanol–water partition coefficient (Wildman–Crippen LogP) is 2.60. The van der Waals surface area contributed by atoms with Gasteiger partial charge in [0.1, 0.15) is 0 Å². The van der Waals surface area contributed by atoms with Gasteiger partial charge in [-0.15, -0.1) is 0 Å². The largest absolute Gasteiger partial charge is 0.379 e. The minimum atomic E-state index is -3.53. The Bertz CT molecular complexity index is 1220. The molecule has 2 aromatic carbocycles. The zero-order valence-electron chi connectivity index (χ0n) is 18.0. The van der Waals surface area contributed by atoms with Crippen LogP contribution in [-0.4, -0.2) is 59.4 Å². The van der Waals surface area contributed by atoms with Crippen LogP contribution in [0.3, 0.4) is 0 Å². The number of hydrazone groups is 1. The van der Waals surface area contributed by atoms with Crippen LogP contribution in [0.4, 0.5) is 5.69 Å². The number of thiocarbonyl (C=S) groups is 1. The fourth-order valence-corrected chi connectivity index (χ4v) is 4.86. The fraction of sp³-hybridized carbons (Fsp3) is 0.227.